The molecule has 0 radical (unpaired) electrons. The Balaban J connectivity index is 2.44. The number of nitrogens with zero attached hydrogens (tertiary/aromatic N) is 1. The van der Waals surface area contributed by atoms with Gasteiger partial charge in [-0.2, -0.15) is 0 Å². The first-order valence-electron chi connectivity index (χ1n) is 5.51. The van der Waals surface area contributed by atoms with Crippen molar-refractivity contribution in [2.45, 2.75) is 25.4 Å². The van der Waals surface area contributed by atoms with E-state index in [4.69, 9.17) is 10.2 Å². The van der Waals surface area contributed by atoms with Gasteiger partial charge in [0, 0.05) is 7.05 Å². The molecule has 3 N–H and O–H groups in total. The Bertz CT molecular complexity index is 329. The predicted molar refractivity (Wildman–Crippen MR) is 61.5 cm³/mol. The van der Waals surface area contributed by atoms with Gasteiger partial charge in [0.1, 0.15) is 0 Å². The van der Waals surface area contributed by atoms with E-state index in [2.05, 4.69) is 5.32 Å². The molecule has 1 aliphatic carbocycles. The van der Waals surface area contributed by atoms with Gasteiger partial charge in [0.2, 0.25) is 0 Å². The van der Waals surface area contributed by atoms with Crippen LogP contribution in [0.4, 0.5) is 4.79 Å². The molecule has 0 aromatic heterocycles. The lowest BCUT2D eigenvalue weighted by atomic mass is 10.1. The van der Waals surface area contributed by atoms with Crippen molar-refractivity contribution in [2.24, 2.45) is 5.92 Å². The molecule has 6 nitrogen and oxygen atoms in total. The Kier molecular flexibility index (Phi) is 4.51. The Morgan fingerprint density at radius 2 is 2.18 bits per heavy atom. The molecule has 2 amide bonds. The topological polar surface area (TPSA) is 89.9 Å². The third-order valence-electron chi connectivity index (χ3n) is 2.96. The van der Waals surface area contributed by atoms with Gasteiger partial charge < -0.3 is 20.4 Å². The van der Waals surface area contributed by atoms with Crippen LogP contribution >= 0.6 is 0 Å². The number of aliphatic hydroxyl groups is 1. The fourth-order valence-electron chi connectivity index (χ4n) is 1.57. The van der Waals surface area contributed by atoms with E-state index in [0.717, 1.165) is 0 Å². The molecule has 17 heavy (non-hydrogen) atoms. The number of carboxylic acids is 1. The second kappa shape index (κ2) is 5.67. The molecule has 3 atom stereocenters. The lowest BCUT2D eigenvalue weighted by Crippen LogP contribution is -2.46. The second-order valence-corrected chi connectivity index (χ2v) is 4.26. The molecule has 0 bridgehead atoms. The van der Waals surface area contributed by atoms with Crippen LogP contribution in [0.15, 0.2) is 12.2 Å². The summed E-state index contributed by atoms with van der Waals surface area (Å²) in [7, 11) is 1.59. The number of amides is 2. The monoisotopic (exact) mass is 242 g/mol. The van der Waals surface area contributed by atoms with Gasteiger partial charge >= 0.3 is 12.0 Å². The second-order valence-electron chi connectivity index (χ2n) is 4.26. The van der Waals surface area contributed by atoms with Crippen LogP contribution in [0.5, 0.6) is 0 Å². The number of hydrogen-bond acceptors (Lipinski definition) is 3. The summed E-state index contributed by atoms with van der Waals surface area (Å²) in [6, 6.07) is -0.833. The SMILES string of the molecule is CC(CO)N(C)C(=O)NC1C=CC(C(=O)O)C1. The number of hydrogen-bond donors (Lipinski definition) is 3. The third kappa shape index (κ3) is 3.45. The van der Waals surface area contributed by atoms with Crippen LogP contribution in [0, 0.1) is 5.92 Å². The molecule has 0 aromatic carbocycles. The van der Waals surface area contributed by atoms with Crippen LogP contribution in [0.2, 0.25) is 0 Å². The summed E-state index contributed by atoms with van der Waals surface area (Å²) in [5, 5.41) is 20.4. The van der Waals surface area contributed by atoms with Crippen molar-refractivity contribution in [3.63, 3.8) is 0 Å². The van der Waals surface area contributed by atoms with E-state index in [1.54, 1.807) is 26.1 Å². The van der Waals surface area contributed by atoms with Gasteiger partial charge in [0.15, 0.2) is 0 Å². The molecular weight excluding hydrogens is 224 g/mol. The lowest BCUT2D eigenvalue weighted by molar-refractivity contribution is -0.140. The van der Waals surface area contributed by atoms with Crippen molar-refractivity contribution >= 4 is 12.0 Å². The van der Waals surface area contributed by atoms with Crippen molar-refractivity contribution in [2.75, 3.05) is 13.7 Å². The Hall–Kier alpha value is -1.56. The van der Waals surface area contributed by atoms with Gasteiger partial charge in [-0.1, -0.05) is 12.2 Å². The molecule has 0 aromatic rings. The van der Waals surface area contributed by atoms with E-state index < -0.39 is 11.9 Å². The number of carbonyl (C=O) groups is 2. The van der Waals surface area contributed by atoms with Crippen molar-refractivity contribution < 1.29 is 19.8 Å². The van der Waals surface area contributed by atoms with E-state index in [1.807, 2.05) is 0 Å². The lowest BCUT2D eigenvalue weighted by Gasteiger charge is -2.25. The third-order valence-corrected chi connectivity index (χ3v) is 2.96. The van der Waals surface area contributed by atoms with Gasteiger partial charge in [0.05, 0.1) is 24.6 Å². The van der Waals surface area contributed by atoms with Crippen LogP contribution in [0.1, 0.15) is 13.3 Å². The number of aliphatic hydroxyl groups excluding tert-OH is 1. The quantitative estimate of drug-likeness (QED) is 0.607. The summed E-state index contributed by atoms with van der Waals surface area (Å²) in [6.07, 6.45) is 3.65. The molecule has 6 heteroatoms. The predicted octanol–water partition coefficient (Wildman–Crippen LogP) is 0.0379. The van der Waals surface area contributed by atoms with Crippen LogP contribution in [0.3, 0.4) is 0 Å². The molecule has 1 rings (SSSR count). The number of carbonyl (C=O) groups excluding carboxylic acids is 1. The zero-order chi connectivity index (χ0) is 13.0. The molecule has 96 valence electrons. The summed E-state index contributed by atoms with van der Waals surface area (Å²) in [4.78, 5) is 23.8. The number of carboxylic acid groups (broad SMARTS) is 1. The molecule has 0 saturated heterocycles. The molecule has 0 heterocycles. The number of nitrogens with one attached hydrogen (secondary N) is 1. The summed E-state index contributed by atoms with van der Waals surface area (Å²) >= 11 is 0. The maximum absolute atomic E-state index is 11.7. The molecule has 3 unspecified atom stereocenters. The van der Waals surface area contributed by atoms with Gasteiger partial charge in [-0.3, -0.25) is 4.79 Å². The number of rotatable bonds is 4. The molecule has 0 spiro atoms. The highest BCUT2D eigenvalue weighted by Crippen LogP contribution is 2.18. The van der Waals surface area contributed by atoms with Gasteiger partial charge in [-0.15, -0.1) is 0 Å². The van der Waals surface area contributed by atoms with E-state index in [1.165, 1.54) is 4.90 Å². The van der Waals surface area contributed by atoms with E-state index >= 15 is 0 Å². The first-order chi connectivity index (χ1) is 7.95. The van der Waals surface area contributed by atoms with Gasteiger partial charge in [0.25, 0.3) is 0 Å². The van der Waals surface area contributed by atoms with Crippen LogP contribution < -0.4 is 5.32 Å². The highest BCUT2D eigenvalue weighted by atomic mass is 16.4. The van der Waals surface area contributed by atoms with Crippen LogP contribution in [-0.4, -0.2) is 52.9 Å². The first kappa shape index (κ1) is 13.5. The maximum Gasteiger partial charge on any atom is 0.317 e. The average molecular weight is 242 g/mol. The summed E-state index contributed by atoms with van der Waals surface area (Å²) < 4.78 is 0. The first-order valence-corrected chi connectivity index (χ1v) is 5.51. The number of urea groups is 1. The fraction of sp³-hybridized carbons (Fsp3) is 0.636. The van der Waals surface area contributed by atoms with Crippen LogP contribution in [-0.2, 0) is 4.79 Å². The minimum atomic E-state index is -0.880. The molecule has 1 aliphatic rings. The summed E-state index contributed by atoms with van der Waals surface area (Å²) in [5.74, 6) is -1.41. The van der Waals surface area contributed by atoms with Crippen molar-refractivity contribution in [1.29, 1.82) is 0 Å². The molecule has 0 aliphatic heterocycles. The van der Waals surface area contributed by atoms with E-state index in [-0.39, 0.29) is 24.7 Å². The zero-order valence-corrected chi connectivity index (χ0v) is 9.96. The van der Waals surface area contributed by atoms with Crippen molar-refractivity contribution in [1.82, 2.24) is 10.2 Å². The Morgan fingerprint density at radius 1 is 1.53 bits per heavy atom. The molecule has 0 saturated carbocycles. The van der Waals surface area contributed by atoms with Gasteiger partial charge in [-0.25, -0.2) is 4.79 Å². The zero-order valence-electron chi connectivity index (χ0n) is 9.96. The van der Waals surface area contributed by atoms with Gasteiger partial charge in [-0.05, 0) is 13.3 Å². The number of aliphatic carboxylic acids is 1. The normalized spacial score (nSPS) is 24.4. The van der Waals surface area contributed by atoms with Crippen molar-refractivity contribution in [3.8, 4) is 0 Å². The standard InChI is InChI=1S/C11H18N2O4/c1-7(6-14)13(2)11(17)12-9-4-3-8(5-9)10(15)16/h3-4,7-9,14H,5-6H2,1-2H3,(H,12,17)(H,15,16). The Labute approximate surface area is 99.9 Å². The number of likely N-dealkylation sites (N-methyl/N-ethyl adjacent to an activating group) is 1. The minimum absolute atomic E-state index is 0.109. The van der Waals surface area contributed by atoms with E-state index in [0.29, 0.717) is 6.42 Å². The summed E-state index contributed by atoms with van der Waals surface area (Å²) in [6.45, 7) is 1.62. The minimum Gasteiger partial charge on any atom is -0.481 e. The molecule has 0 fully saturated rings. The van der Waals surface area contributed by atoms with E-state index in [9.17, 15) is 9.59 Å². The molecular formula is C11H18N2O4. The maximum atomic E-state index is 11.7. The summed E-state index contributed by atoms with van der Waals surface area (Å²) in [5.41, 5.74) is 0. The largest absolute Gasteiger partial charge is 0.481 e. The Morgan fingerprint density at radius 3 is 2.65 bits per heavy atom. The fourth-order valence-corrected chi connectivity index (χ4v) is 1.57. The van der Waals surface area contributed by atoms with Crippen LogP contribution in [0.25, 0.3) is 0 Å². The highest BCUT2D eigenvalue weighted by molar-refractivity contribution is 5.76. The average Bonchev–Trinajstić information content (AvgIpc) is 2.75. The highest BCUT2D eigenvalue weighted by Gasteiger charge is 2.26. The van der Waals surface area contributed by atoms with Crippen molar-refractivity contribution in [3.05, 3.63) is 12.2 Å². The smallest absolute Gasteiger partial charge is 0.317 e.